The van der Waals surface area contributed by atoms with Crippen LogP contribution in [0.1, 0.15) is 44.9 Å². The molecule has 0 aromatic heterocycles. The minimum atomic E-state index is 0.265. The lowest BCUT2D eigenvalue weighted by molar-refractivity contribution is -0.135. The average molecular weight is 197 g/mol. The molecule has 2 fully saturated rings. The van der Waals surface area contributed by atoms with Gasteiger partial charge in [-0.2, -0.15) is 0 Å². The summed E-state index contributed by atoms with van der Waals surface area (Å²) in [5.41, 5.74) is 0. The van der Waals surface area contributed by atoms with E-state index in [1.54, 1.807) is 0 Å². The molecule has 0 aromatic carbocycles. The first kappa shape index (κ1) is 9.97. The van der Waals surface area contributed by atoms with Crippen LogP contribution in [-0.2, 0) is 9.53 Å². The number of hydrogen-bond donors (Lipinski definition) is 0. The van der Waals surface area contributed by atoms with E-state index in [4.69, 9.17) is 4.74 Å². The van der Waals surface area contributed by atoms with E-state index in [1.165, 1.54) is 32.1 Å². The monoisotopic (exact) mass is 197 g/mol. The Morgan fingerprint density at radius 2 is 2.00 bits per heavy atom. The Hall–Kier alpha value is -0.570. The third-order valence-corrected chi connectivity index (χ3v) is 3.19. The molecule has 2 aliphatic rings. The molecule has 1 aliphatic carbocycles. The number of carbonyl (C=O) groups is 1. The van der Waals surface area contributed by atoms with Crippen LogP contribution in [-0.4, -0.2) is 30.2 Å². The highest BCUT2D eigenvalue weighted by Crippen LogP contribution is 2.21. The van der Waals surface area contributed by atoms with Crippen molar-refractivity contribution in [3.05, 3.63) is 0 Å². The van der Waals surface area contributed by atoms with E-state index in [-0.39, 0.29) is 5.91 Å². The summed E-state index contributed by atoms with van der Waals surface area (Å²) in [6.07, 6.45) is 8.43. The molecule has 1 heterocycles. The van der Waals surface area contributed by atoms with Gasteiger partial charge in [-0.05, 0) is 19.3 Å². The first-order valence-corrected chi connectivity index (χ1v) is 5.75. The van der Waals surface area contributed by atoms with Gasteiger partial charge in [0.2, 0.25) is 5.91 Å². The zero-order valence-corrected chi connectivity index (χ0v) is 8.71. The maximum Gasteiger partial charge on any atom is 0.224 e. The normalized spacial score (nSPS) is 24.6. The second-order valence-corrected chi connectivity index (χ2v) is 4.32. The molecule has 0 radical (unpaired) electrons. The van der Waals surface area contributed by atoms with Gasteiger partial charge in [0.25, 0.3) is 0 Å². The fraction of sp³-hybridized carbons (Fsp3) is 0.909. The van der Waals surface area contributed by atoms with Crippen molar-refractivity contribution in [3.8, 4) is 0 Å². The molecule has 0 unspecified atom stereocenters. The Bertz CT molecular complexity index is 199. The summed E-state index contributed by atoms with van der Waals surface area (Å²) in [5.74, 6) is 0.265. The van der Waals surface area contributed by atoms with Crippen LogP contribution in [0.15, 0.2) is 0 Å². The van der Waals surface area contributed by atoms with Gasteiger partial charge in [-0.1, -0.05) is 19.3 Å². The molecule has 0 aromatic rings. The van der Waals surface area contributed by atoms with Crippen molar-refractivity contribution in [3.63, 3.8) is 0 Å². The molecule has 0 spiro atoms. The van der Waals surface area contributed by atoms with Gasteiger partial charge < -0.3 is 9.64 Å². The number of ether oxygens (including phenoxy) is 1. The Kier molecular flexibility index (Phi) is 3.40. The second kappa shape index (κ2) is 4.78. The largest absolute Gasteiger partial charge is 0.358 e. The third kappa shape index (κ3) is 2.47. The molecular formula is C11H19NO2. The van der Waals surface area contributed by atoms with Crippen molar-refractivity contribution in [1.29, 1.82) is 0 Å². The summed E-state index contributed by atoms with van der Waals surface area (Å²) in [6.45, 7) is 1.43. The summed E-state index contributed by atoms with van der Waals surface area (Å²) < 4.78 is 5.74. The van der Waals surface area contributed by atoms with E-state index in [2.05, 4.69) is 0 Å². The van der Waals surface area contributed by atoms with E-state index >= 15 is 0 Å². The first-order valence-electron chi connectivity index (χ1n) is 5.75. The summed E-state index contributed by atoms with van der Waals surface area (Å²) in [4.78, 5) is 13.1. The van der Waals surface area contributed by atoms with Gasteiger partial charge in [0.15, 0.2) is 0 Å². The Balaban J connectivity index is 1.68. The SMILES string of the molecule is O=C1CCCN1COC1CCCCC1. The standard InChI is InChI=1S/C11H19NO2/c13-11-7-4-8-12(11)9-14-10-5-2-1-3-6-10/h10H,1-9H2. The van der Waals surface area contributed by atoms with Gasteiger partial charge in [0, 0.05) is 13.0 Å². The third-order valence-electron chi connectivity index (χ3n) is 3.19. The molecule has 80 valence electrons. The Labute approximate surface area is 85.4 Å². The van der Waals surface area contributed by atoms with Crippen LogP contribution in [0.3, 0.4) is 0 Å². The maximum atomic E-state index is 11.3. The minimum Gasteiger partial charge on any atom is -0.358 e. The molecule has 3 nitrogen and oxygen atoms in total. The number of carbonyl (C=O) groups excluding carboxylic acids is 1. The fourth-order valence-electron chi connectivity index (χ4n) is 2.27. The first-order chi connectivity index (χ1) is 6.86. The van der Waals surface area contributed by atoms with Crippen LogP contribution < -0.4 is 0 Å². The summed E-state index contributed by atoms with van der Waals surface area (Å²) in [5, 5.41) is 0. The quantitative estimate of drug-likeness (QED) is 0.691. The lowest BCUT2D eigenvalue weighted by Gasteiger charge is -2.25. The molecule has 2 rings (SSSR count). The summed E-state index contributed by atoms with van der Waals surface area (Å²) in [7, 11) is 0. The number of likely N-dealkylation sites (tertiary alicyclic amines) is 1. The van der Waals surface area contributed by atoms with E-state index in [1.807, 2.05) is 4.90 Å². The van der Waals surface area contributed by atoms with E-state index < -0.39 is 0 Å². The van der Waals surface area contributed by atoms with Crippen LogP contribution in [0.2, 0.25) is 0 Å². The predicted octanol–water partition coefficient (Wildman–Crippen LogP) is 1.92. The van der Waals surface area contributed by atoms with Crippen molar-refractivity contribution in [2.24, 2.45) is 0 Å². The van der Waals surface area contributed by atoms with Gasteiger partial charge in [-0.3, -0.25) is 4.79 Å². The highest BCUT2D eigenvalue weighted by atomic mass is 16.5. The zero-order valence-electron chi connectivity index (χ0n) is 8.71. The Morgan fingerprint density at radius 1 is 1.21 bits per heavy atom. The summed E-state index contributed by atoms with van der Waals surface area (Å²) in [6, 6.07) is 0. The predicted molar refractivity (Wildman–Crippen MR) is 53.8 cm³/mol. The van der Waals surface area contributed by atoms with Gasteiger partial charge in [-0.15, -0.1) is 0 Å². The number of nitrogens with zero attached hydrogens (tertiary/aromatic N) is 1. The minimum absolute atomic E-state index is 0.265. The van der Waals surface area contributed by atoms with Crippen molar-refractivity contribution < 1.29 is 9.53 Å². The molecule has 14 heavy (non-hydrogen) atoms. The van der Waals surface area contributed by atoms with Gasteiger partial charge in [0.1, 0.15) is 6.73 Å². The van der Waals surface area contributed by atoms with Crippen molar-refractivity contribution in [2.45, 2.75) is 51.0 Å². The molecule has 0 N–H and O–H groups in total. The molecule has 1 aliphatic heterocycles. The van der Waals surface area contributed by atoms with Crippen LogP contribution in [0.5, 0.6) is 0 Å². The fourth-order valence-corrected chi connectivity index (χ4v) is 2.27. The molecule has 1 saturated heterocycles. The summed E-state index contributed by atoms with van der Waals surface area (Å²) >= 11 is 0. The van der Waals surface area contributed by atoms with Crippen molar-refractivity contribution in [2.75, 3.05) is 13.3 Å². The number of amides is 1. The highest BCUT2D eigenvalue weighted by Gasteiger charge is 2.21. The number of hydrogen-bond acceptors (Lipinski definition) is 2. The molecule has 0 atom stereocenters. The van der Waals surface area contributed by atoms with E-state index in [0.717, 1.165) is 13.0 Å². The van der Waals surface area contributed by atoms with Crippen LogP contribution >= 0.6 is 0 Å². The molecule has 0 bridgehead atoms. The topological polar surface area (TPSA) is 29.5 Å². The Morgan fingerprint density at radius 3 is 2.64 bits per heavy atom. The molecule has 1 saturated carbocycles. The van der Waals surface area contributed by atoms with Crippen LogP contribution in [0.25, 0.3) is 0 Å². The van der Waals surface area contributed by atoms with Gasteiger partial charge >= 0.3 is 0 Å². The zero-order chi connectivity index (χ0) is 9.80. The molecular weight excluding hydrogens is 178 g/mol. The average Bonchev–Trinajstić information content (AvgIpc) is 2.63. The molecule has 3 heteroatoms. The van der Waals surface area contributed by atoms with Crippen molar-refractivity contribution >= 4 is 5.91 Å². The van der Waals surface area contributed by atoms with Crippen LogP contribution in [0.4, 0.5) is 0 Å². The van der Waals surface area contributed by atoms with Gasteiger partial charge in [0.05, 0.1) is 6.10 Å². The lowest BCUT2D eigenvalue weighted by atomic mass is 9.98. The van der Waals surface area contributed by atoms with E-state index in [0.29, 0.717) is 19.3 Å². The second-order valence-electron chi connectivity index (χ2n) is 4.32. The van der Waals surface area contributed by atoms with Crippen molar-refractivity contribution in [1.82, 2.24) is 4.90 Å². The number of rotatable bonds is 3. The lowest BCUT2D eigenvalue weighted by Crippen LogP contribution is -2.30. The smallest absolute Gasteiger partial charge is 0.224 e. The van der Waals surface area contributed by atoms with Gasteiger partial charge in [-0.25, -0.2) is 0 Å². The molecule has 1 amide bonds. The van der Waals surface area contributed by atoms with Crippen LogP contribution in [0, 0.1) is 0 Å². The highest BCUT2D eigenvalue weighted by molar-refractivity contribution is 5.77. The maximum absolute atomic E-state index is 11.3. The van der Waals surface area contributed by atoms with E-state index in [9.17, 15) is 4.79 Å².